The van der Waals surface area contributed by atoms with E-state index in [0.29, 0.717) is 16.3 Å². The van der Waals surface area contributed by atoms with Gasteiger partial charge in [0.25, 0.3) is 17.7 Å². The molecule has 0 unspecified atom stereocenters. The first-order chi connectivity index (χ1) is 18.7. The lowest BCUT2D eigenvalue weighted by molar-refractivity contribution is -0.154. The van der Waals surface area contributed by atoms with Gasteiger partial charge in [0.15, 0.2) is 5.78 Å². The van der Waals surface area contributed by atoms with Crippen molar-refractivity contribution in [3.05, 3.63) is 99.2 Å². The highest BCUT2D eigenvalue weighted by molar-refractivity contribution is 7.12. The standard InChI is InChI=1S/C29H23ClN2O6S/c1-17-4-2-5-22-25(17)28(36)32(27(22)35)31(26(34)19-7-11-20(30)12-8-19)16-23(33)18-9-13-21(14-10-18)38-29(37)24-6-3-15-39-24/h2-4,6-15,17,22,25H,5,16H2,1H3/t17-,22-,25+/m1/s1. The van der Waals surface area contributed by atoms with Crippen molar-refractivity contribution in [3.8, 4) is 5.75 Å². The molecule has 3 aromatic rings. The third-order valence-electron chi connectivity index (χ3n) is 6.82. The zero-order chi connectivity index (χ0) is 27.7. The van der Waals surface area contributed by atoms with Crippen LogP contribution in [0.2, 0.25) is 5.02 Å². The molecule has 2 aromatic carbocycles. The number of imide groups is 1. The third kappa shape index (κ3) is 5.28. The zero-order valence-corrected chi connectivity index (χ0v) is 22.4. The fraction of sp³-hybridized carbons (Fsp3) is 0.207. The van der Waals surface area contributed by atoms with Crippen molar-refractivity contribution in [1.82, 2.24) is 10.0 Å². The molecule has 0 spiro atoms. The lowest BCUT2D eigenvalue weighted by Gasteiger charge is -2.30. The molecular weight excluding hydrogens is 540 g/mol. The van der Waals surface area contributed by atoms with E-state index in [2.05, 4.69) is 0 Å². The summed E-state index contributed by atoms with van der Waals surface area (Å²) in [4.78, 5) is 66.4. The molecule has 2 aliphatic rings. The Labute approximate surface area is 233 Å². The van der Waals surface area contributed by atoms with Crippen molar-refractivity contribution in [2.45, 2.75) is 13.3 Å². The number of carbonyl (C=O) groups excluding carboxylic acids is 5. The van der Waals surface area contributed by atoms with Crippen LogP contribution in [-0.4, -0.2) is 46.0 Å². The maximum absolute atomic E-state index is 13.6. The van der Waals surface area contributed by atoms with E-state index in [0.717, 1.165) is 10.0 Å². The maximum atomic E-state index is 13.6. The van der Waals surface area contributed by atoms with Crippen LogP contribution in [0, 0.1) is 17.8 Å². The van der Waals surface area contributed by atoms with E-state index in [1.54, 1.807) is 17.5 Å². The topological polar surface area (TPSA) is 101 Å². The average molecular weight is 563 g/mol. The van der Waals surface area contributed by atoms with Gasteiger partial charge in [0.1, 0.15) is 17.2 Å². The number of nitrogens with zero attached hydrogens (tertiary/aromatic N) is 2. The minimum absolute atomic E-state index is 0.171. The van der Waals surface area contributed by atoms with Crippen LogP contribution in [-0.2, 0) is 9.59 Å². The van der Waals surface area contributed by atoms with Crippen molar-refractivity contribution in [2.75, 3.05) is 6.54 Å². The van der Waals surface area contributed by atoms with Gasteiger partial charge in [0, 0.05) is 16.1 Å². The molecule has 1 saturated heterocycles. The van der Waals surface area contributed by atoms with Crippen LogP contribution in [0.15, 0.2) is 78.2 Å². The fourth-order valence-corrected chi connectivity index (χ4v) is 5.56. The van der Waals surface area contributed by atoms with Crippen molar-refractivity contribution < 1.29 is 28.7 Å². The minimum Gasteiger partial charge on any atom is -0.422 e. The second-order valence-electron chi connectivity index (χ2n) is 9.33. The summed E-state index contributed by atoms with van der Waals surface area (Å²) in [5, 5.41) is 3.93. The van der Waals surface area contributed by atoms with Gasteiger partial charge in [-0.3, -0.25) is 19.2 Å². The maximum Gasteiger partial charge on any atom is 0.353 e. The second kappa shape index (κ2) is 11.0. The summed E-state index contributed by atoms with van der Waals surface area (Å²) < 4.78 is 5.34. The number of thiophene rings is 1. The quantitative estimate of drug-likeness (QED) is 0.131. The summed E-state index contributed by atoms with van der Waals surface area (Å²) in [5.74, 6) is -3.84. The molecule has 8 nitrogen and oxygen atoms in total. The van der Waals surface area contributed by atoms with E-state index in [-0.39, 0.29) is 22.8 Å². The molecule has 2 heterocycles. The Morgan fingerprint density at radius 2 is 1.69 bits per heavy atom. The normalized spacial score (nSPS) is 20.1. The van der Waals surface area contributed by atoms with Gasteiger partial charge in [-0.05, 0) is 72.3 Å². The summed E-state index contributed by atoms with van der Waals surface area (Å²) >= 11 is 7.22. The molecule has 198 valence electrons. The zero-order valence-electron chi connectivity index (χ0n) is 20.8. The molecule has 0 bridgehead atoms. The molecule has 10 heteroatoms. The van der Waals surface area contributed by atoms with E-state index in [1.807, 2.05) is 19.1 Å². The summed E-state index contributed by atoms with van der Waals surface area (Å²) in [6.07, 6.45) is 4.14. The number of esters is 1. The number of hydrogen-bond acceptors (Lipinski definition) is 7. The smallest absolute Gasteiger partial charge is 0.353 e. The number of ether oxygens (including phenoxy) is 1. The number of hydrazine groups is 1. The molecule has 1 aliphatic carbocycles. The summed E-state index contributed by atoms with van der Waals surface area (Å²) in [5.41, 5.74) is 0.385. The van der Waals surface area contributed by atoms with E-state index >= 15 is 0 Å². The van der Waals surface area contributed by atoms with Crippen LogP contribution >= 0.6 is 22.9 Å². The van der Waals surface area contributed by atoms with Gasteiger partial charge >= 0.3 is 5.97 Å². The number of ketones is 1. The van der Waals surface area contributed by atoms with Crippen LogP contribution in [0.1, 0.15) is 43.7 Å². The summed E-state index contributed by atoms with van der Waals surface area (Å²) in [6.45, 7) is 1.31. The highest BCUT2D eigenvalue weighted by atomic mass is 35.5. The first-order valence-corrected chi connectivity index (χ1v) is 13.5. The first-order valence-electron chi connectivity index (χ1n) is 12.3. The lowest BCUT2D eigenvalue weighted by Crippen LogP contribution is -2.52. The number of fused-ring (bicyclic) bond motifs is 1. The van der Waals surface area contributed by atoms with Crippen LogP contribution in [0.4, 0.5) is 0 Å². The van der Waals surface area contributed by atoms with Gasteiger partial charge in [-0.25, -0.2) is 9.80 Å². The number of Topliss-reactive ketones (excluding diaryl/α,β-unsaturated/α-hetero) is 1. The third-order valence-corrected chi connectivity index (χ3v) is 7.92. The van der Waals surface area contributed by atoms with Crippen LogP contribution < -0.4 is 4.74 Å². The Morgan fingerprint density at radius 1 is 1.00 bits per heavy atom. The number of rotatable bonds is 7. The molecular formula is C29H23ClN2O6S. The summed E-state index contributed by atoms with van der Waals surface area (Å²) in [7, 11) is 0. The SMILES string of the molecule is C[C@@H]1C=CC[C@H]2C(=O)N(N(CC(=O)c3ccc(OC(=O)c4cccs4)cc3)C(=O)c3ccc(Cl)cc3)C(=O)[C@@H]12. The van der Waals surface area contributed by atoms with Crippen molar-refractivity contribution in [3.63, 3.8) is 0 Å². The Kier molecular flexibility index (Phi) is 7.45. The molecule has 5 rings (SSSR count). The Bertz CT molecular complexity index is 1470. The molecule has 3 amide bonds. The van der Waals surface area contributed by atoms with Crippen LogP contribution in [0.25, 0.3) is 0 Å². The highest BCUT2D eigenvalue weighted by Gasteiger charge is 2.53. The Balaban J connectivity index is 1.39. The predicted octanol–water partition coefficient (Wildman–Crippen LogP) is 5.06. The predicted molar refractivity (Wildman–Crippen MR) is 144 cm³/mol. The van der Waals surface area contributed by atoms with Gasteiger partial charge in [0.05, 0.1) is 11.8 Å². The fourth-order valence-electron chi connectivity index (χ4n) is 4.83. The second-order valence-corrected chi connectivity index (χ2v) is 10.7. The minimum atomic E-state index is -0.678. The Hall–Kier alpha value is -4.08. The van der Waals surface area contributed by atoms with E-state index < -0.39 is 47.9 Å². The van der Waals surface area contributed by atoms with E-state index in [9.17, 15) is 24.0 Å². The highest BCUT2D eigenvalue weighted by Crippen LogP contribution is 2.39. The number of amides is 3. The molecule has 1 aliphatic heterocycles. The van der Waals surface area contributed by atoms with Crippen molar-refractivity contribution >= 4 is 52.4 Å². The molecule has 0 radical (unpaired) electrons. The molecule has 0 saturated carbocycles. The Morgan fingerprint density at radius 3 is 2.33 bits per heavy atom. The summed E-state index contributed by atoms with van der Waals surface area (Å²) in [6, 6.07) is 15.2. The lowest BCUT2D eigenvalue weighted by atomic mass is 9.78. The van der Waals surface area contributed by atoms with E-state index in [1.165, 1.54) is 59.9 Å². The number of benzene rings is 2. The number of carbonyl (C=O) groups is 5. The molecule has 3 atom stereocenters. The molecule has 39 heavy (non-hydrogen) atoms. The molecule has 1 aromatic heterocycles. The molecule has 1 fully saturated rings. The van der Waals surface area contributed by atoms with Crippen molar-refractivity contribution in [2.24, 2.45) is 17.8 Å². The van der Waals surface area contributed by atoms with Crippen LogP contribution in [0.5, 0.6) is 5.75 Å². The average Bonchev–Trinajstić information content (AvgIpc) is 3.56. The van der Waals surface area contributed by atoms with Gasteiger partial charge in [-0.2, -0.15) is 5.01 Å². The first kappa shape index (κ1) is 26.5. The van der Waals surface area contributed by atoms with Gasteiger partial charge in [-0.15, -0.1) is 11.3 Å². The van der Waals surface area contributed by atoms with Gasteiger partial charge < -0.3 is 4.74 Å². The number of halogens is 1. The van der Waals surface area contributed by atoms with Crippen molar-refractivity contribution in [1.29, 1.82) is 0 Å². The largest absolute Gasteiger partial charge is 0.422 e. The number of allylic oxidation sites excluding steroid dienone is 2. The number of hydrogen-bond donors (Lipinski definition) is 0. The van der Waals surface area contributed by atoms with Crippen LogP contribution in [0.3, 0.4) is 0 Å². The van der Waals surface area contributed by atoms with Gasteiger partial charge in [0.2, 0.25) is 0 Å². The monoisotopic (exact) mass is 562 g/mol. The van der Waals surface area contributed by atoms with Gasteiger partial charge in [-0.1, -0.05) is 36.7 Å². The van der Waals surface area contributed by atoms with E-state index in [4.69, 9.17) is 16.3 Å². The molecule has 0 N–H and O–H groups in total.